The summed E-state index contributed by atoms with van der Waals surface area (Å²) in [7, 11) is 2.10. The molecule has 0 aliphatic carbocycles. The second-order valence-electron chi connectivity index (χ2n) is 3.47. The molecule has 0 amide bonds. The fraction of sp³-hybridized carbons (Fsp3) is 0.400. The zero-order valence-electron chi connectivity index (χ0n) is 7.13. The lowest BCUT2D eigenvalue weighted by Gasteiger charge is -2.36. The Morgan fingerprint density at radius 3 is 2.33 bits per heavy atom. The summed E-state index contributed by atoms with van der Waals surface area (Å²) in [5.74, 6) is 0.474. The molecule has 64 valence electrons. The molecule has 0 saturated carbocycles. The van der Waals surface area contributed by atoms with Crippen LogP contribution in [0.25, 0.3) is 0 Å². The molecule has 1 aliphatic heterocycles. The molecule has 1 aromatic rings. The van der Waals surface area contributed by atoms with Gasteiger partial charge >= 0.3 is 0 Å². The molecule has 2 heteroatoms. The molecule has 0 unspecified atom stereocenters. The highest BCUT2D eigenvalue weighted by molar-refractivity contribution is 5.23. The van der Waals surface area contributed by atoms with E-state index in [1.165, 1.54) is 17.7 Å². The molecule has 1 heterocycles. The second kappa shape index (κ2) is 2.87. The number of benzene rings is 1. The third-order valence-corrected chi connectivity index (χ3v) is 2.41. The molecule has 0 spiro atoms. The number of rotatable bonds is 1. The van der Waals surface area contributed by atoms with Gasteiger partial charge in [-0.2, -0.15) is 0 Å². The van der Waals surface area contributed by atoms with Crippen molar-refractivity contribution in [3.8, 4) is 0 Å². The Morgan fingerprint density at radius 1 is 1.25 bits per heavy atom. The number of halogens is 1. The highest BCUT2D eigenvalue weighted by Gasteiger charge is 2.24. The van der Waals surface area contributed by atoms with Crippen molar-refractivity contribution in [2.45, 2.75) is 5.92 Å². The second-order valence-corrected chi connectivity index (χ2v) is 3.47. The molecule has 1 nitrogen and oxygen atoms in total. The van der Waals surface area contributed by atoms with Crippen LogP contribution in [0.1, 0.15) is 11.5 Å². The van der Waals surface area contributed by atoms with Gasteiger partial charge in [-0.3, -0.25) is 0 Å². The first kappa shape index (κ1) is 7.74. The van der Waals surface area contributed by atoms with Gasteiger partial charge in [-0.25, -0.2) is 4.39 Å². The number of hydrogen-bond donors (Lipinski definition) is 0. The van der Waals surface area contributed by atoms with Crippen LogP contribution in [0, 0.1) is 5.82 Å². The van der Waals surface area contributed by atoms with Crippen LogP contribution in [0.5, 0.6) is 0 Å². The van der Waals surface area contributed by atoms with E-state index in [0.717, 1.165) is 13.1 Å². The monoisotopic (exact) mass is 165 g/mol. The van der Waals surface area contributed by atoms with Crippen molar-refractivity contribution in [3.05, 3.63) is 35.6 Å². The minimum absolute atomic E-state index is 0.147. The predicted molar refractivity (Wildman–Crippen MR) is 46.6 cm³/mol. The Kier molecular flexibility index (Phi) is 1.85. The molecule has 1 aliphatic rings. The van der Waals surface area contributed by atoms with Gasteiger partial charge in [0, 0.05) is 19.0 Å². The van der Waals surface area contributed by atoms with Crippen molar-refractivity contribution >= 4 is 0 Å². The van der Waals surface area contributed by atoms with Crippen LogP contribution in [-0.4, -0.2) is 25.0 Å². The molecular weight excluding hydrogens is 153 g/mol. The fourth-order valence-electron chi connectivity index (χ4n) is 1.64. The fourth-order valence-corrected chi connectivity index (χ4v) is 1.64. The van der Waals surface area contributed by atoms with E-state index < -0.39 is 0 Å². The van der Waals surface area contributed by atoms with Crippen molar-refractivity contribution < 1.29 is 4.39 Å². The van der Waals surface area contributed by atoms with E-state index in [4.69, 9.17) is 0 Å². The SMILES string of the molecule is CN1CC(c2ccc(F)cc2)C1. The zero-order chi connectivity index (χ0) is 8.55. The summed E-state index contributed by atoms with van der Waals surface area (Å²) >= 11 is 0. The summed E-state index contributed by atoms with van der Waals surface area (Å²) in [6.07, 6.45) is 0. The molecule has 0 atom stereocenters. The van der Waals surface area contributed by atoms with Gasteiger partial charge in [0.2, 0.25) is 0 Å². The van der Waals surface area contributed by atoms with Crippen LogP contribution in [0.15, 0.2) is 24.3 Å². The Morgan fingerprint density at radius 2 is 1.83 bits per heavy atom. The first-order chi connectivity index (χ1) is 5.75. The molecule has 1 aromatic carbocycles. The Bertz CT molecular complexity index is 262. The van der Waals surface area contributed by atoms with Crippen molar-refractivity contribution in [1.29, 1.82) is 0 Å². The summed E-state index contributed by atoms with van der Waals surface area (Å²) in [5.41, 5.74) is 1.26. The number of likely N-dealkylation sites (N-methyl/N-ethyl adjacent to an activating group) is 1. The Balaban J connectivity index is 2.09. The predicted octanol–water partition coefficient (Wildman–Crippen LogP) is 1.85. The Labute approximate surface area is 71.8 Å². The summed E-state index contributed by atoms with van der Waals surface area (Å²) in [6, 6.07) is 6.83. The molecule has 1 fully saturated rings. The summed E-state index contributed by atoms with van der Waals surface area (Å²) in [6.45, 7) is 2.21. The van der Waals surface area contributed by atoms with Crippen LogP contribution in [0.4, 0.5) is 4.39 Å². The van der Waals surface area contributed by atoms with Crippen molar-refractivity contribution in [1.82, 2.24) is 4.90 Å². The molecule has 2 rings (SSSR count). The van der Waals surface area contributed by atoms with Gasteiger partial charge in [-0.1, -0.05) is 12.1 Å². The molecule has 12 heavy (non-hydrogen) atoms. The minimum Gasteiger partial charge on any atom is -0.305 e. The van der Waals surface area contributed by atoms with E-state index in [9.17, 15) is 4.39 Å². The van der Waals surface area contributed by atoms with Crippen LogP contribution in [-0.2, 0) is 0 Å². The van der Waals surface area contributed by atoms with E-state index in [0.29, 0.717) is 5.92 Å². The average Bonchev–Trinajstić information content (AvgIpc) is 2.01. The third-order valence-electron chi connectivity index (χ3n) is 2.41. The van der Waals surface area contributed by atoms with E-state index >= 15 is 0 Å². The summed E-state index contributed by atoms with van der Waals surface area (Å²) in [4.78, 5) is 2.26. The van der Waals surface area contributed by atoms with E-state index in [2.05, 4.69) is 11.9 Å². The smallest absolute Gasteiger partial charge is 0.123 e. The van der Waals surface area contributed by atoms with Crippen molar-refractivity contribution in [3.63, 3.8) is 0 Å². The highest BCUT2D eigenvalue weighted by Crippen LogP contribution is 2.25. The average molecular weight is 165 g/mol. The lowest BCUT2D eigenvalue weighted by atomic mass is 9.92. The molecule has 0 radical (unpaired) electrons. The molecular formula is C10H12FN. The van der Waals surface area contributed by atoms with Gasteiger partial charge in [-0.15, -0.1) is 0 Å². The van der Waals surface area contributed by atoms with E-state index in [-0.39, 0.29) is 5.82 Å². The van der Waals surface area contributed by atoms with E-state index in [1.807, 2.05) is 12.1 Å². The van der Waals surface area contributed by atoms with E-state index in [1.54, 1.807) is 0 Å². The third kappa shape index (κ3) is 1.34. The largest absolute Gasteiger partial charge is 0.305 e. The zero-order valence-corrected chi connectivity index (χ0v) is 7.13. The van der Waals surface area contributed by atoms with Crippen molar-refractivity contribution in [2.24, 2.45) is 0 Å². The maximum Gasteiger partial charge on any atom is 0.123 e. The van der Waals surface area contributed by atoms with Gasteiger partial charge < -0.3 is 4.90 Å². The lowest BCUT2D eigenvalue weighted by Crippen LogP contribution is -2.41. The maximum absolute atomic E-state index is 12.5. The van der Waals surface area contributed by atoms with Gasteiger partial charge in [0.1, 0.15) is 5.82 Å². The Hall–Kier alpha value is -0.890. The van der Waals surface area contributed by atoms with Crippen LogP contribution in [0.3, 0.4) is 0 Å². The first-order valence-electron chi connectivity index (χ1n) is 4.20. The summed E-state index contributed by atoms with van der Waals surface area (Å²) in [5, 5.41) is 0. The highest BCUT2D eigenvalue weighted by atomic mass is 19.1. The number of nitrogens with zero attached hydrogens (tertiary/aromatic N) is 1. The molecule has 0 bridgehead atoms. The normalized spacial score (nSPS) is 19.2. The summed E-state index contributed by atoms with van der Waals surface area (Å²) < 4.78 is 12.5. The standard InChI is InChI=1S/C10H12FN/c1-12-6-9(7-12)8-2-4-10(11)5-3-8/h2-5,9H,6-7H2,1H3. The van der Waals surface area contributed by atoms with Gasteiger partial charge in [0.15, 0.2) is 0 Å². The van der Waals surface area contributed by atoms with Crippen LogP contribution in [0.2, 0.25) is 0 Å². The van der Waals surface area contributed by atoms with Crippen molar-refractivity contribution in [2.75, 3.05) is 20.1 Å². The molecule has 0 N–H and O–H groups in total. The van der Waals surface area contributed by atoms with Gasteiger partial charge in [0.05, 0.1) is 0 Å². The first-order valence-corrected chi connectivity index (χ1v) is 4.20. The van der Waals surface area contributed by atoms with Gasteiger partial charge in [-0.05, 0) is 24.7 Å². The topological polar surface area (TPSA) is 3.24 Å². The maximum atomic E-state index is 12.5. The molecule has 1 saturated heterocycles. The molecule has 0 aromatic heterocycles. The lowest BCUT2D eigenvalue weighted by molar-refractivity contribution is 0.189. The minimum atomic E-state index is -0.147. The van der Waals surface area contributed by atoms with Crippen LogP contribution < -0.4 is 0 Å². The number of likely N-dealkylation sites (tertiary alicyclic amines) is 1. The van der Waals surface area contributed by atoms with Crippen LogP contribution >= 0.6 is 0 Å². The number of hydrogen-bond acceptors (Lipinski definition) is 1. The van der Waals surface area contributed by atoms with Gasteiger partial charge in [0.25, 0.3) is 0 Å². The quantitative estimate of drug-likeness (QED) is 0.614.